The third-order valence-electron chi connectivity index (χ3n) is 2.80. The number of guanidine groups is 1. The fraction of sp³-hybridized carbons (Fsp3) is 0.200. The van der Waals surface area contributed by atoms with Crippen LogP contribution in [0.15, 0.2) is 54.2 Å². The Morgan fingerprint density at radius 2 is 2.16 bits per heavy atom. The average Bonchev–Trinajstić information content (AvgIpc) is 2.47. The van der Waals surface area contributed by atoms with Crippen LogP contribution >= 0.6 is 0 Å². The smallest absolute Gasteiger partial charge is 0.191 e. The lowest BCUT2D eigenvalue weighted by atomic mass is 10.1. The molecule has 0 radical (unpaired) electrons. The van der Waals surface area contributed by atoms with Crippen LogP contribution in [0, 0.1) is 0 Å². The molecule has 0 bridgehead atoms. The molecule has 98 valence electrons. The first kappa shape index (κ1) is 13.1. The van der Waals surface area contributed by atoms with Crippen LogP contribution in [0.5, 0.6) is 0 Å². The molecule has 0 amide bonds. The standard InChI is InChI=1S/C15H18N4/c1-3-9-18-15(16-2)19-11-13-7-4-6-12-8-5-10-17-14(12)13/h3-8,10H,1,9,11H2,2H3,(H2,16,18,19). The topological polar surface area (TPSA) is 49.3 Å². The van der Waals surface area contributed by atoms with Gasteiger partial charge in [0.05, 0.1) is 5.52 Å². The Morgan fingerprint density at radius 3 is 2.95 bits per heavy atom. The maximum Gasteiger partial charge on any atom is 0.191 e. The first-order valence-corrected chi connectivity index (χ1v) is 6.23. The molecule has 19 heavy (non-hydrogen) atoms. The summed E-state index contributed by atoms with van der Waals surface area (Å²) in [5.74, 6) is 0.757. The highest BCUT2D eigenvalue weighted by Crippen LogP contribution is 2.15. The first-order valence-electron chi connectivity index (χ1n) is 6.23. The average molecular weight is 254 g/mol. The Morgan fingerprint density at radius 1 is 1.32 bits per heavy atom. The van der Waals surface area contributed by atoms with E-state index in [1.54, 1.807) is 13.1 Å². The van der Waals surface area contributed by atoms with E-state index in [4.69, 9.17) is 0 Å². The predicted octanol–water partition coefficient (Wildman–Crippen LogP) is 2.09. The van der Waals surface area contributed by atoms with Crippen molar-refractivity contribution in [2.24, 2.45) is 4.99 Å². The number of aliphatic imine (C=N–C) groups is 1. The molecule has 0 fully saturated rings. The quantitative estimate of drug-likeness (QED) is 0.499. The number of hydrogen-bond acceptors (Lipinski definition) is 2. The van der Waals surface area contributed by atoms with Crippen molar-refractivity contribution in [1.29, 1.82) is 0 Å². The molecule has 0 spiro atoms. The SMILES string of the molecule is C=CCNC(=NC)NCc1cccc2cccnc12. The second-order valence-corrected chi connectivity index (χ2v) is 4.09. The molecule has 0 saturated heterocycles. The maximum atomic E-state index is 4.43. The molecule has 2 aromatic rings. The van der Waals surface area contributed by atoms with Gasteiger partial charge in [-0.05, 0) is 11.6 Å². The van der Waals surface area contributed by atoms with E-state index in [1.807, 2.05) is 18.3 Å². The van der Waals surface area contributed by atoms with E-state index in [9.17, 15) is 0 Å². The lowest BCUT2D eigenvalue weighted by Gasteiger charge is -2.11. The van der Waals surface area contributed by atoms with E-state index >= 15 is 0 Å². The molecule has 0 aliphatic heterocycles. The summed E-state index contributed by atoms with van der Waals surface area (Å²) in [7, 11) is 1.75. The van der Waals surface area contributed by atoms with Crippen LogP contribution in [0.3, 0.4) is 0 Å². The number of nitrogens with zero attached hydrogens (tertiary/aromatic N) is 2. The van der Waals surface area contributed by atoms with Crippen molar-refractivity contribution in [1.82, 2.24) is 15.6 Å². The van der Waals surface area contributed by atoms with Gasteiger partial charge in [0.1, 0.15) is 0 Å². The van der Waals surface area contributed by atoms with E-state index in [0.717, 1.165) is 22.4 Å². The summed E-state index contributed by atoms with van der Waals surface area (Å²) in [6, 6.07) is 10.2. The van der Waals surface area contributed by atoms with Gasteiger partial charge in [-0.2, -0.15) is 0 Å². The zero-order valence-corrected chi connectivity index (χ0v) is 11.1. The molecule has 2 N–H and O–H groups in total. The summed E-state index contributed by atoms with van der Waals surface area (Å²) in [4.78, 5) is 8.58. The van der Waals surface area contributed by atoms with Crippen molar-refractivity contribution in [3.8, 4) is 0 Å². The van der Waals surface area contributed by atoms with Gasteiger partial charge in [0.25, 0.3) is 0 Å². The minimum absolute atomic E-state index is 0.686. The number of rotatable bonds is 4. The molecule has 0 atom stereocenters. The van der Waals surface area contributed by atoms with E-state index < -0.39 is 0 Å². The Hall–Kier alpha value is -2.36. The molecule has 0 aliphatic rings. The summed E-state index contributed by atoms with van der Waals surface area (Å²) in [5, 5.41) is 7.55. The molecular weight excluding hydrogens is 236 g/mol. The lowest BCUT2D eigenvalue weighted by Crippen LogP contribution is -2.36. The van der Waals surface area contributed by atoms with Crippen LogP contribution in [0.1, 0.15) is 5.56 Å². The monoisotopic (exact) mass is 254 g/mol. The summed E-state index contributed by atoms with van der Waals surface area (Å²) in [5.41, 5.74) is 2.18. The van der Waals surface area contributed by atoms with Gasteiger partial charge in [-0.25, -0.2) is 0 Å². The molecule has 1 heterocycles. The highest BCUT2D eigenvalue weighted by atomic mass is 15.2. The van der Waals surface area contributed by atoms with Crippen LogP contribution in [0.25, 0.3) is 10.9 Å². The van der Waals surface area contributed by atoms with Gasteiger partial charge in [-0.1, -0.05) is 30.3 Å². The van der Waals surface area contributed by atoms with E-state index in [2.05, 4.69) is 45.4 Å². The van der Waals surface area contributed by atoms with Crippen molar-refractivity contribution in [3.05, 3.63) is 54.7 Å². The highest BCUT2D eigenvalue weighted by Gasteiger charge is 2.02. The van der Waals surface area contributed by atoms with Gasteiger partial charge in [-0.3, -0.25) is 9.98 Å². The normalized spacial score (nSPS) is 11.3. The molecule has 0 aliphatic carbocycles. The number of para-hydroxylation sites is 1. The summed E-state index contributed by atoms with van der Waals surface area (Å²) >= 11 is 0. The van der Waals surface area contributed by atoms with E-state index in [1.165, 1.54) is 0 Å². The number of hydrogen-bond donors (Lipinski definition) is 2. The Balaban J connectivity index is 2.11. The minimum Gasteiger partial charge on any atom is -0.353 e. The molecule has 1 aromatic heterocycles. The second-order valence-electron chi connectivity index (χ2n) is 4.09. The van der Waals surface area contributed by atoms with Crippen molar-refractivity contribution < 1.29 is 0 Å². The number of aromatic nitrogens is 1. The third-order valence-corrected chi connectivity index (χ3v) is 2.80. The van der Waals surface area contributed by atoms with Crippen molar-refractivity contribution in [3.63, 3.8) is 0 Å². The fourth-order valence-electron chi connectivity index (χ4n) is 1.88. The molecule has 4 nitrogen and oxygen atoms in total. The molecule has 0 saturated carbocycles. The Bertz CT molecular complexity index is 584. The number of fused-ring (bicyclic) bond motifs is 1. The summed E-state index contributed by atoms with van der Waals surface area (Å²) in [6.45, 7) is 5.04. The van der Waals surface area contributed by atoms with E-state index in [0.29, 0.717) is 13.1 Å². The van der Waals surface area contributed by atoms with Crippen LogP contribution in [-0.4, -0.2) is 24.5 Å². The number of benzene rings is 1. The minimum atomic E-state index is 0.686. The van der Waals surface area contributed by atoms with Crippen LogP contribution in [0.4, 0.5) is 0 Å². The predicted molar refractivity (Wildman–Crippen MR) is 80.1 cm³/mol. The van der Waals surface area contributed by atoms with Gasteiger partial charge in [0, 0.05) is 31.7 Å². The molecular formula is C15H18N4. The van der Waals surface area contributed by atoms with Crippen molar-refractivity contribution in [2.75, 3.05) is 13.6 Å². The van der Waals surface area contributed by atoms with Crippen molar-refractivity contribution in [2.45, 2.75) is 6.54 Å². The molecule has 4 heteroatoms. The molecule has 2 rings (SSSR count). The molecule has 0 unspecified atom stereocenters. The Labute approximate surface area is 113 Å². The summed E-state index contributed by atoms with van der Waals surface area (Å²) < 4.78 is 0. The van der Waals surface area contributed by atoms with Crippen LogP contribution in [-0.2, 0) is 6.54 Å². The van der Waals surface area contributed by atoms with Gasteiger partial charge in [0.15, 0.2) is 5.96 Å². The lowest BCUT2D eigenvalue weighted by molar-refractivity contribution is 0.850. The highest BCUT2D eigenvalue weighted by molar-refractivity contribution is 5.83. The van der Waals surface area contributed by atoms with E-state index in [-0.39, 0.29) is 0 Å². The fourth-order valence-corrected chi connectivity index (χ4v) is 1.88. The maximum absolute atomic E-state index is 4.43. The van der Waals surface area contributed by atoms with Crippen molar-refractivity contribution >= 4 is 16.9 Å². The number of nitrogens with one attached hydrogen (secondary N) is 2. The van der Waals surface area contributed by atoms with Gasteiger partial charge < -0.3 is 10.6 Å². The molecule has 1 aromatic carbocycles. The zero-order valence-electron chi connectivity index (χ0n) is 11.1. The largest absolute Gasteiger partial charge is 0.353 e. The third kappa shape index (κ3) is 3.31. The van der Waals surface area contributed by atoms with Gasteiger partial charge >= 0.3 is 0 Å². The van der Waals surface area contributed by atoms with Gasteiger partial charge in [-0.15, -0.1) is 6.58 Å². The Kier molecular flexibility index (Phi) is 4.50. The first-order chi connectivity index (χ1) is 9.35. The summed E-state index contributed by atoms with van der Waals surface area (Å²) in [6.07, 6.45) is 3.61. The number of pyridine rings is 1. The zero-order chi connectivity index (χ0) is 13.5. The van der Waals surface area contributed by atoms with Crippen LogP contribution < -0.4 is 10.6 Å². The second kappa shape index (κ2) is 6.54. The van der Waals surface area contributed by atoms with Crippen LogP contribution in [0.2, 0.25) is 0 Å². The van der Waals surface area contributed by atoms with Gasteiger partial charge in [0.2, 0.25) is 0 Å².